The summed E-state index contributed by atoms with van der Waals surface area (Å²) in [6.07, 6.45) is 0. The second-order valence-corrected chi connectivity index (χ2v) is 4.45. The van der Waals surface area contributed by atoms with Crippen molar-refractivity contribution < 1.29 is 4.79 Å². The van der Waals surface area contributed by atoms with Gasteiger partial charge in [0, 0.05) is 0 Å². The van der Waals surface area contributed by atoms with Crippen LogP contribution in [0.5, 0.6) is 0 Å². The van der Waals surface area contributed by atoms with E-state index in [0.717, 1.165) is 2.88 Å². The molecule has 1 aromatic rings. The van der Waals surface area contributed by atoms with Crippen LogP contribution in [0.15, 0.2) is 11.4 Å². The second-order valence-electron chi connectivity index (χ2n) is 1.38. The third-order valence-corrected chi connectivity index (χ3v) is 3.08. The molecule has 0 saturated heterocycles. The van der Waals surface area contributed by atoms with Crippen molar-refractivity contribution in [1.82, 2.24) is 0 Å². The summed E-state index contributed by atoms with van der Waals surface area (Å²) in [5.41, 5.74) is 0.613. The van der Waals surface area contributed by atoms with Gasteiger partial charge in [-0.15, -0.1) is 11.3 Å². The molecule has 1 nitrogen and oxygen atoms in total. The lowest BCUT2D eigenvalue weighted by Gasteiger charge is -1.83. The lowest BCUT2D eigenvalue weighted by atomic mass is 10.4. The molecule has 0 saturated carbocycles. The third-order valence-electron chi connectivity index (χ3n) is 0.830. The van der Waals surface area contributed by atoms with Crippen molar-refractivity contribution in [2.24, 2.45) is 0 Å². The molecule has 0 atom stereocenters. The summed E-state index contributed by atoms with van der Waals surface area (Å²) in [4.78, 5) is 10.5. The summed E-state index contributed by atoms with van der Waals surface area (Å²) in [5.74, 6) is 0. The number of hydrogen-bond donors (Lipinski definition) is 0. The Bertz CT molecular complexity index is 233. The van der Waals surface area contributed by atoms with E-state index < -0.39 is 0 Å². The average molecular weight is 272 g/mol. The molecule has 1 heterocycles. The SMILES string of the molecule is O=C(Cl)c1ccsc1I. The molecule has 1 rings (SSSR count). The van der Waals surface area contributed by atoms with Gasteiger partial charge >= 0.3 is 0 Å². The first-order chi connectivity index (χ1) is 4.22. The quantitative estimate of drug-likeness (QED) is 0.567. The Morgan fingerprint density at radius 3 is 2.67 bits per heavy atom. The van der Waals surface area contributed by atoms with Crippen molar-refractivity contribution >= 4 is 50.8 Å². The maximum atomic E-state index is 10.5. The van der Waals surface area contributed by atoms with E-state index in [9.17, 15) is 4.79 Å². The van der Waals surface area contributed by atoms with Crippen molar-refractivity contribution in [2.75, 3.05) is 0 Å². The minimum Gasteiger partial charge on any atom is -0.276 e. The first kappa shape index (κ1) is 7.50. The van der Waals surface area contributed by atoms with E-state index in [4.69, 9.17) is 11.6 Å². The fourth-order valence-electron chi connectivity index (χ4n) is 0.434. The Morgan fingerprint density at radius 2 is 2.44 bits per heavy atom. The van der Waals surface area contributed by atoms with Crippen molar-refractivity contribution in [3.63, 3.8) is 0 Å². The molecule has 0 radical (unpaired) electrons. The van der Waals surface area contributed by atoms with Gasteiger partial charge in [-0.1, -0.05) is 0 Å². The molecular formula is C5H2ClIOS. The van der Waals surface area contributed by atoms with Gasteiger partial charge in [-0.3, -0.25) is 4.79 Å². The van der Waals surface area contributed by atoms with E-state index in [1.54, 1.807) is 6.07 Å². The van der Waals surface area contributed by atoms with Crippen LogP contribution in [-0.2, 0) is 0 Å². The Morgan fingerprint density at radius 1 is 1.78 bits per heavy atom. The van der Waals surface area contributed by atoms with Crippen molar-refractivity contribution in [2.45, 2.75) is 0 Å². The van der Waals surface area contributed by atoms with E-state index in [2.05, 4.69) is 22.6 Å². The minimum absolute atomic E-state index is 0.374. The monoisotopic (exact) mass is 272 g/mol. The maximum Gasteiger partial charge on any atom is 0.254 e. The highest BCUT2D eigenvalue weighted by Gasteiger charge is 2.06. The highest BCUT2D eigenvalue weighted by atomic mass is 127. The average Bonchev–Trinajstić information content (AvgIpc) is 2.13. The summed E-state index contributed by atoms with van der Waals surface area (Å²) >= 11 is 8.81. The fraction of sp³-hybridized carbons (Fsp3) is 0. The highest BCUT2D eigenvalue weighted by molar-refractivity contribution is 14.1. The van der Waals surface area contributed by atoms with E-state index in [1.165, 1.54) is 11.3 Å². The van der Waals surface area contributed by atoms with Crippen LogP contribution in [0.25, 0.3) is 0 Å². The summed E-state index contributed by atoms with van der Waals surface area (Å²) in [6.45, 7) is 0. The van der Waals surface area contributed by atoms with Crippen LogP contribution in [0.4, 0.5) is 0 Å². The van der Waals surface area contributed by atoms with Crippen LogP contribution < -0.4 is 0 Å². The summed E-state index contributed by atoms with van der Waals surface area (Å²) in [5, 5.41) is 1.47. The van der Waals surface area contributed by atoms with Gasteiger partial charge < -0.3 is 0 Å². The Balaban J connectivity index is 3.08. The predicted octanol–water partition coefficient (Wildman–Crippen LogP) is 2.73. The molecule has 0 aliphatic carbocycles. The zero-order valence-corrected chi connectivity index (χ0v) is 7.96. The van der Waals surface area contributed by atoms with Gasteiger partial charge in [0.05, 0.1) is 8.45 Å². The lowest BCUT2D eigenvalue weighted by Crippen LogP contribution is -1.85. The van der Waals surface area contributed by atoms with Crippen molar-refractivity contribution in [3.8, 4) is 0 Å². The smallest absolute Gasteiger partial charge is 0.254 e. The van der Waals surface area contributed by atoms with Gasteiger partial charge in [-0.05, 0) is 45.6 Å². The number of halogens is 2. The molecule has 0 unspecified atom stereocenters. The van der Waals surface area contributed by atoms with Crippen LogP contribution in [0.1, 0.15) is 10.4 Å². The van der Waals surface area contributed by atoms with Crippen LogP contribution in [-0.4, -0.2) is 5.24 Å². The van der Waals surface area contributed by atoms with Gasteiger partial charge in [0.1, 0.15) is 0 Å². The molecule has 0 aliphatic rings. The summed E-state index contributed by atoms with van der Waals surface area (Å²) < 4.78 is 0.951. The van der Waals surface area contributed by atoms with E-state index >= 15 is 0 Å². The van der Waals surface area contributed by atoms with Gasteiger partial charge in [-0.2, -0.15) is 0 Å². The van der Waals surface area contributed by atoms with Crippen LogP contribution in [0, 0.1) is 2.88 Å². The first-order valence-electron chi connectivity index (χ1n) is 2.14. The first-order valence-corrected chi connectivity index (χ1v) is 4.48. The van der Waals surface area contributed by atoms with Crippen LogP contribution >= 0.6 is 45.5 Å². The fourth-order valence-corrected chi connectivity index (χ4v) is 2.28. The van der Waals surface area contributed by atoms with Crippen LogP contribution in [0.3, 0.4) is 0 Å². The largest absolute Gasteiger partial charge is 0.276 e. The van der Waals surface area contributed by atoms with Gasteiger partial charge in [0.25, 0.3) is 5.24 Å². The molecule has 0 amide bonds. The normalized spacial score (nSPS) is 9.56. The van der Waals surface area contributed by atoms with E-state index in [1.807, 2.05) is 5.38 Å². The minimum atomic E-state index is -0.374. The standard InChI is InChI=1S/C5H2ClIOS/c6-4(8)3-1-2-9-5(3)7/h1-2H. The Hall–Kier alpha value is 0.390. The second kappa shape index (κ2) is 2.98. The zero-order valence-electron chi connectivity index (χ0n) is 4.23. The molecular weight excluding hydrogens is 270 g/mol. The number of carbonyl (C=O) groups is 1. The molecule has 9 heavy (non-hydrogen) atoms. The van der Waals surface area contributed by atoms with Gasteiger partial charge in [-0.25, -0.2) is 0 Å². The lowest BCUT2D eigenvalue weighted by molar-refractivity contribution is 0.108. The topological polar surface area (TPSA) is 17.1 Å². The van der Waals surface area contributed by atoms with Crippen molar-refractivity contribution in [1.29, 1.82) is 0 Å². The van der Waals surface area contributed by atoms with Crippen molar-refractivity contribution in [3.05, 3.63) is 19.9 Å². The number of thiophene rings is 1. The molecule has 0 fully saturated rings. The molecule has 0 N–H and O–H groups in total. The molecule has 0 spiro atoms. The zero-order chi connectivity index (χ0) is 6.85. The van der Waals surface area contributed by atoms with Gasteiger partial charge in [0.2, 0.25) is 0 Å². The summed E-state index contributed by atoms with van der Waals surface area (Å²) in [7, 11) is 0. The maximum absolute atomic E-state index is 10.5. The number of hydrogen-bond acceptors (Lipinski definition) is 2. The molecule has 4 heteroatoms. The molecule has 0 bridgehead atoms. The predicted molar refractivity (Wildman–Crippen MR) is 47.2 cm³/mol. The molecule has 48 valence electrons. The van der Waals surface area contributed by atoms with E-state index in [0.29, 0.717) is 5.56 Å². The molecule has 0 aliphatic heterocycles. The molecule has 0 aromatic carbocycles. The number of rotatable bonds is 1. The van der Waals surface area contributed by atoms with Gasteiger partial charge in [0.15, 0.2) is 0 Å². The Kier molecular flexibility index (Phi) is 2.49. The van der Waals surface area contributed by atoms with E-state index in [-0.39, 0.29) is 5.24 Å². The Labute approximate surface area is 75.2 Å². The highest BCUT2D eigenvalue weighted by Crippen LogP contribution is 2.19. The molecule has 1 aromatic heterocycles. The summed E-state index contributed by atoms with van der Waals surface area (Å²) in [6, 6.07) is 1.72. The number of carbonyl (C=O) groups excluding carboxylic acids is 1. The third kappa shape index (κ3) is 1.65. The van der Waals surface area contributed by atoms with Crippen LogP contribution in [0.2, 0.25) is 0 Å².